The Hall–Kier alpha value is -1.96. The molecule has 1 aliphatic carbocycles. The Balaban J connectivity index is 2.14. The van der Waals surface area contributed by atoms with Crippen LogP contribution in [0.4, 0.5) is 11.4 Å². The summed E-state index contributed by atoms with van der Waals surface area (Å²) < 4.78 is 0. The van der Waals surface area contributed by atoms with Gasteiger partial charge in [0.05, 0.1) is 0 Å². The summed E-state index contributed by atoms with van der Waals surface area (Å²) >= 11 is 0. The minimum Gasteiger partial charge on any atom is -0.399 e. The van der Waals surface area contributed by atoms with Gasteiger partial charge in [0.15, 0.2) is 0 Å². The van der Waals surface area contributed by atoms with Crippen molar-refractivity contribution in [2.45, 2.75) is 38.0 Å². The standard InChI is InChI=1S/C18H22N2/c1-17(2)16-9-8-15(20)10-12(16)11-18(17,3)13-4-6-14(19)7-5-13/h4-10H,11,19-20H2,1-3H3. The molecule has 0 amide bonds. The first-order chi connectivity index (χ1) is 9.34. The van der Waals surface area contributed by atoms with Crippen LogP contribution in [-0.2, 0) is 17.3 Å². The number of hydrogen-bond acceptors (Lipinski definition) is 2. The molecule has 0 fully saturated rings. The normalized spacial score (nSPS) is 23.6. The molecule has 0 bridgehead atoms. The molecule has 1 atom stereocenters. The molecule has 4 N–H and O–H groups in total. The summed E-state index contributed by atoms with van der Waals surface area (Å²) in [6.45, 7) is 6.99. The van der Waals surface area contributed by atoms with E-state index in [0.717, 1.165) is 17.8 Å². The molecule has 0 heterocycles. The molecule has 1 unspecified atom stereocenters. The van der Waals surface area contributed by atoms with Crippen molar-refractivity contribution in [2.24, 2.45) is 0 Å². The van der Waals surface area contributed by atoms with E-state index < -0.39 is 0 Å². The highest BCUT2D eigenvalue weighted by molar-refractivity contribution is 5.55. The molecule has 0 spiro atoms. The van der Waals surface area contributed by atoms with Gasteiger partial charge in [-0.15, -0.1) is 0 Å². The number of benzene rings is 2. The topological polar surface area (TPSA) is 52.0 Å². The molecule has 2 nitrogen and oxygen atoms in total. The van der Waals surface area contributed by atoms with E-state index in [-0.39, 0.29) is 10.8 Å². The highest BCUT2D eigenvalue weighted by atomic mass is 14.6. The van der Waals surface area contributed by atoms with Gasteiger partial charge in [-0.05, 0) is 52.8 Å². The Labute approximate surface area is 120 Å². The molecule has 0 aromatic heterocycles. The average Bonchev–Trinajstić information content (AvgIpc) is 2.58. The predicted octanol–water partition coefficient (Wildman–Crippen LogP) is 3.64. The van der Waals surface area contributed by atoms with E-state index in [1.165, 1.54) is 16.7 Å². The van der Waals surface area contributed by atoms with Crippen molar-refractivity contribution in [1.82, 2.24) is 0 Å². The molecule has 0 radical (unpaired) electrons. The van der Waals surface area contributed by atoms with Gasteiger partial charge in [0, 0.05) is 16.8 Å². The van der Waals surface area contributed by atoms with Crippen LogP contribution in [-0.4, -0.2) is 0 Å². The maximum absolute atomic E-state index is 5.95. The number of fused-ring (bicyclic) bond motifs is 1. The maximum Gasteiger partial charge on any atom is 0.0316 e. The van der Waals surface area contributed by atoms with Gasteiger partial charge in [0.25, 0.3) is 0 Å². The Kier molecular flexibility index (Phi) is 2.62. The number of hydrogen-bond donors (Lipinski definition) is 2. The van der Waals surface area contributed by atoms with E-state index in [4.69, 9.17) is 11.5 Å². The van der Waals surface area contributed by atoms with E-state index in [9.17, 15) is 0 Å². The number of anilines is 2. The molecule has 0 saturated heterocycles. The van der Waals surface area contributed by atoms with Crippen LogP contribution in [0.25, 0.3) is 0 Å². The van der Waals surface area contributed by atoms with E-state index >= 15 is 0 Å². The maximum atomic E-state index is 5.95. The van der Waals surface area contributed by atoms with Crippen LogP contribution in [0.2, 0.25) is 0 Å². The van der Waals surface area contributed by atoms with Crippen molar-refractivity contribution < 1.29 is 0 Å². The second kappa shape index (κ2) is 4.02. The third-order valence-corrected chi connectivity index (χ3v) is 5.27. The van der Waals surface area contributed by atoms with Crippen molar-refractivity contribution in [3.8, 4) is 0 Å². The van der Waals surface area contributed by atoms with Crippen molar-refractivity contribution in [2.75, 3.05) is 11.5 Å². The summed E-state index contributed by atoms with van der Waals surface area (Å²) in [4.78, 5) is 0. The number of nitrogen functional groups attached to an aromatic ring is 2. The molecule has 104 valence electrons. The van der Waals surface area contributed by atoms with Crippen molar-refractivity contribution in [3.63, 3.8) is 0 Å². The van der Waals surface area contributed by atoms with Gasteiger partial charge >= 0.3 is 0 Å². The predicted molar refractivity (Wildman–Crippen MR) is 85.8 cm³/mol. The second-order valence-electron chi connectivity index (χ2n) is 6.67. The first kappa shape index (κ1) is 13.0. The fraction of sp³-hybridized carbons (Fsp3) is 0.333. The zero-order valence-corrected chi connectivity index (χ0v) is 12.4. The Morgan fingerprint density at radius 1 is 0.850 bits per heavy atom. The first-order valence-corrected chi connectivity index (χ1v) is 7.09. The van der Waals surface area contributed by atoms with Gasteiger partial charge in [0.1, 0.15) is 0 Å². The van der Waals surface area contributed by atoms with Crippen LogP contribution in [0, 0.1) is 0 Å². The highest BCUT2D eigenvalue weighted by Gasteiger charge is 2.49. The molecule has 2 aromatic rings. The summed E-state index contributed by atoms with van der Waals surface area (Å²) in [6.07, 6.45) is 1.02. The second-order valence-corrected chi connectivity index (χ2v) is 6.67. The molecule has 2 aromatic carbocycles. The van der Waals surface area contributed by atoms with Crippen LogP contribution in [0.3, 0.4) is 0 Å². The largest absolute Gasteiger partial charge is 0.399 e. The minimum atomic E-state index is 0.0663. The summed E-state index contributed by atoms with van der Waals surface area (Å²) in [5.74, 6) is 0. The van der Waals surface area contributed by atoms with Crippen molar-refractivity contribution >= 4 is 11.4 Å². The third kappa shape index (κ3) is 1.64. The zero-order chi connectivity index (χ0) is 14.5. The SMILES string of the molecule is CC1(C)c2ccc(N)cc2CC1(C)c1ccc(N)cc1. The summed E-state index contributed by atoms with van der Waals surface area (Å²) in [7, 11) is 0. The van der Waals surface area contributed by atoms with Gasteiger partial charge in [-0.3, -0.25) is 0 Å². The van der Waals surface area contributed by atoms with Crippen molar-refractivity contribution in [1.29, 1.82) is 0 Å². The van der Waals surface area contributed by atoms with Crippen LogP contribution < -0.4 is 11.5 Å². The number of nitrogens with two attached hydrogens (primary N) is 2. The highest BCUT2D eigenvalue weighted by Crippen LogP contribution is 2.53. The van der Waals surface area contributed by atoms with Gasteiger partial charge in [0.2, 0.25) is 0 Å². The molecule has 0 saturated carbocycles. The van der Waals surface area contributed by atoms with E-state index in [1.807, 2.05) is 18.2 Å². The Morgan fingerprint density at radius 2 is 1.45 bits per heavy atom. The van der Waals surface area contributed by atoms with Crippen LogP contribution >= 0.6 is 0 Å². The van der Waals surface area contributed by atoms with Crippen LogP contribution in [0.5, 0.6) is 0 Å². The third-order valence-electron chi connectivity index (χ3n) is 5.27. The summed E-state index contributed by atoms with van der Waals surface area (Å²) in [6, 6.07) is 14.6. The average molecular weight is 266 g/mol. The zero-order valence-electron chi connectivity index (χ0n) is 12.4. The molecular weight excluding hydrogens is 244 g/mol. The molecule has 2 heteroatoms. The molecule has 1 aliphatic rings. The van der Waals surface area contributed by atoms with Crippen LogP contribution in [0.15, 0.2) is 42.5 Å². The smallest absolute Gasteiger partial charge is 0.0316 e. The fourth-order valence-corrected chi connectivity index (χ4v) is 3.58. The summed E-state index contributed by atoms with van der Waals surface area (Å²) in [5.41, 5.74) is 17.7. The van der Waals surface area contributed by atoms with E-state index in [1.54, 1.807) is 0 Å². The summed E-state index contributed by atoms with van der Waals surface area (Å²) in [5, 5.41) is 0. The quantitative estimate of drug-likeness (QED) is 0.774. The Bertz CT molecular complexity index is 656. The fourth-order valence-electron chi connectivity index (χ4n) is 3.58. The molecule has 20 heavy (non-hydrogen) atoms. The van der Waals surface area contributed by atoms with Crippen LogP contribution in [0.1, 0.15) is 37.5 Å². The lowest BCUT2D eigenvalue weighted by atomic mass is 9.63. The van der Waals surface area contributed by atoms with Crippen molar-refractivity contribution in [3.05, 3.63) is 59.2 Å². The van der Waals surface area contributed by atoms with Gasteiger partial charge < -0.3 is 11.5 Å². The monoisotopic (exact) mass is 266 g/mol. The molecular formula is C18H22N2. The lowest BCUT2D eigenvalue weighted by molar-refractivity contribution is 0.306. The number of rotatable bonds is 1. The molecule has 0 aliphatic heterocycles. The minimum absolute atomic E-state index is 0.0663. The van der Waals surface area contributed by atoms with Gasteiger partial charge in [-0.2, -0.15) is 0 Å². The Morgan fingerprint density at radius 3 is 2.10 bits per heavy atom. The first-order valence-electron chi connectivity index (χ1n) is 7.09. The van der Waals surface area contributed by atoms with E-state index in [0.29, 0.717) is 0 Å². The molecule has 3 rings (SSSR count). The van der Waals surface area contributed by atoms with Gasteiger partial charge in [-0.1, -0.05) is 39.0 Å². The van der Waals surface area contributed by atoms with E-state index in [2.05, 4.69) is 45.0 Å². The lowest BCUT2D eigenvalue weighted by Crippen LogP contribution is -2.39. The lowest BCUT2D eigenvalue weighted by Gasteiger charge is -2.39. The van der Waals surface area contributed by atoms with Gasteiger partial charge in [-0.25, -0.2) is 0 Å².